The van der Waals surface area contributed by atoms with Crippen LogP contribution in [0.25, 0.3) is 0 Å². The standard InChI is InChI=1S/C62H62N8O18/c1-35(55(77)67-47(27-39-11-7-5-8-12-39)59(81)69-49(61(83)84)31-53(73)74)65-51(71)33-63-57(79)45-29-42(22-16-38-19-25-44(88-4)26-20-38)46(30-41(45)21-15-37-17-23-43(87-3)24-18-37)58(80)64-34-52(72)66-36(2)56(78)68-48(28-40-13-9-6-10-14-40)60(82)70-50(62(85)86)32-54(75)76/h5-14,17-20,23-26,29-30,35-36,47-50H,27-28,31-34H2,1-4H3,(H,63,79)(H,64,80)(H,65,71)(H,66,72)(H,67,77)(H,68,78)(H,69,81)(H,70,82)(H,73,74)(H,75,76)(H,83,84)(H,85,86)/t35-,36-,47-,48-,49-,50-/m1/s1. The third kappa shape index (κ3) is 21.6. The van der Waals surface area contributed by atoms with Gasteiger partial charge in [-0.25, -0.2) is 9.59 Å². The molecule has 6 atom stereocenters. The van der Waals surface area contributed by atoms with Crippen LogP contribution in [0.3, 0.4) is 0 Å². The summed E-state index contributed by atoms with van der Waals surface area (Å²) in [5.41, 5.74) is 1.37. The number of carboxylic acids is 4. The van der Waals surface area contributed by atoms with Crippen molar-refractivity contribution in [3.05, 3.63) is 166 Å². The Bertz CT molecular complexity index is 3310. The lowest BCUT2D eigenvalue weighted by Gasteiger charge is -2.23. The molecule has 0 bridgehead atoms. The maximum Gasteiger partial charge on any atom is 0.326 e. The molecule has 5 aromatic rings. The zero-order chi connectivity index (χ0) is 64.5. The average Bonchev–Trinajstić information content (AvgIpc) is 3.56. The summed E-state index contributed by atoms with van der Waals surface area (Å²) in [5.74, 6) is -1.19. The van der Waals surface area contributed by atoms with Gasteiger partial charge in [0.15, 0.2) is 0 Å². The maximum atomic E-state index is 14.2. The lowest BCUT2D eigenvalue weighted by Crippen LogP contribution is -2.56. The molecule has 0 radical (unpaired) electrons. The number of nitrogens with one attached hydrogen (secondary N) is 8. The number of hydrogen-bond acceptors (Lipinski definition) is 14. The molecule has 12 N–H and O–H groups in total. The predicted octanol–water partition coefficient (Wildman–Crippen LogP) is 0.516. The summed E-state index contributed by atoms with van der Waals surface area (Å²) in [4.78, 5) is 155. The van der Waals surface area contributed by atoms with E-state index in [0.717, 1.165) is 0 Å². The Morgan fingerprint density at radius 2 is 0.750 bits per heavy atom. The molecule has 0 aliphatic carbocycles. The van der Waals surface area contributed by atoms with Gasteiger partial charge in [0, 0.05) is 35.1 Å². The topological polar surface area (TPSA) is 400 Å². The minimum atomic E-state index is -1.84. The van der Waals surface area contributed by atoms with Gasteiger partial charge in [-0.05, 0) is 85.6 Å². The van der Waals surface area contributed by atoms with Crippen LogP contribution < -0.4 is 52.0 Å². The molecule has 0 aromatic heterocycles. The first-order valence-electron chi connectivity index (χ1n) is 26.8. The molecule has 26 nitrogen and oxygen atoms in total. The fraction of sp³-hybridized carbons (Fsp3) is 0.258. The number of rotatable bonds is 28. The molecule has 0 fully saturated rings. The second-order valence-electron chi connectivity index (χ2n) is 19.3. The molecule has 0 heterocycles. The highest BCUT2D eigenvalue weighted by Crippen LogP contribution is 2.20. The lowest BCUT2D eigenvalue weighted by molar-refractivity contribution is -0.147. The predicted molar refractivity (Wildman–Crippen MR) is 312 cm³/mol. The summed E-state index contributed by atoms with van der Waals surface area (Å²) in [6.07, 6.45) is -2.25. The molecule has 0 aliphatic heterocycles. The van der Waals surface area contributed by atoms with Crippen molar-refractivity contribution in [1.82, 2.24) is 42.5 Å². The van der Waals surface area contributed by atoms with Crippen molar-refractivity contribution in [3.8, 4) is 35.2 Å². The van der Waals surface area contributed by atoms with Gasteiger partial charge in [0.05, 0.1) is 51.3 Å². The Labute approximate surface area is 503 Å². The first-order chi connectivity index (χ1) is 41.9. The molecule has 26 heteroatoms. The number of methoxy groups -OCH3 is 2. The SMILES string of the molecule is COc1ccc(C#Cc2cc(C(=O)NCC(=O)N[C@H](C)C(=O)N[C@H](Cc3ccccc3)C(=O)N[C@H](CC(=O)O)C(=O)O)c(C#Cc3ccc(OC)cc3)cc2C(=O)NCC(=O)N[C@H](C)C(=O)N[C@H](Cc2ccccc2)C(=O)N[C@H](CC(=O)O)C(=O)O)cc1. The second kappa shape index (κ2) is 33.1. The summed E-state index contributed by atoms with van der Waals surface area (Å²) in [6, 6.07) is 22.7. The van der Waals surface area contributed by atoms with E-state index in [0.29, 0.717) is 33.8 Å². The number of carboxylic acid groups (broad SMARTS) is 4. The molecular weight excluding hydrogens is 1140 g/mol. The van der Waals surface area contributed by atoms with E-state index < -0.39 is 133 Å². The molecule has 88 heavy (non-hydrogen) atoms. The molecule has 0 saturated heterocycles. The maximum absolute atomic E-state index is 14.2. The number of carbonyl (C=O) groups excluding carboxylic acids is 8. The van der Waals surface area contributed by atoms with E-state index in [-0.39, 0.29) is 35.1 Å². The molecule has 0 unspecified atom stereocenters. The molecular formula is C62H62N8O18. The summed E-state index contributed by atoms with van der Waals surface area (Å²) < 4.78 is 10.5. The van der Waals surface area contributed by atoms with Crippen LogP contribution in [0.1, 0.15) is 80.8 Å². The first-order valence-corrected chi connectivity index (χ1v) is 26.8. The number of hydrogen-bond donors (Lipinski definition) is 12. The number of benzene rings is 5. The van der Waals surface area contributed by atoms with E-state index in [4.69, 9.17) is 9.47 Å². The van der Waals surface area contributed by atoms with Crippen LogP contribution in [-0.4, -0.2) is 155 Å². The van der Waals surface area contributed by atoms with E-state index in [1.54, 1.807) is 109 Å². The Morgan fingerprint density at radius 1 is 0.420 bits per heavy atom. The van der Waals surface area contributed by atoms with Gasteiger partial charge in [0.1, 0.15) is 47.8 Å². The van der Waals surface area contributed by atoms with Crippen LogP contribution in [0.2, 0.25) is 0 Å². The van der Waals surface area contributed by atoms with E-state index in [2.05, 4.69) is 66.2 Å². The van der Waals surface area contributed by atoms with E-state index in [1.165, 1.54) is 40.2 Å². The average molecular weight is 1210 g/mol. The first kappa shape index (κ1) is 67.3. The summed E-state index contributed by atoms with van der Waals surface area (Å²) in [6.45, 7) is 1.02. The van der Waals surface area contributed by atoms with Crippen LogP contribution in [0.5, 0.6) is 11.5 Å². The van der Waals surface area contributed by atoms with Crippen LogP contribution in [0, 0.1) is 23.7 Å². The third-order valence-electron chi connectivity index (χ3n) is 12.7. The van der Waals surface area contributed by atoms with Crippen molar-refractivity contribution in [3.63, 3.8) is 0 Å². The van der Waals surface area contributed by atoms with Gasteiger partial charge in [0.25, 0.3) is 11.8 Å². The summed E-state index contributed by atoms with van der Waals surface area (Å²) >= 11 is 0. The van der Waals surface area contributed by atoms with Crippen LogP contribution in [0.15, 0.2) is 121 Å². The Kier molecular flexibility index (Phi) is 25.3. The molecule has 458 valence electrons. The van der Waals surface area contributed by atoms with Crippen molar-refractivity contribution < 1.29 is 87.4 Å². The molecule has 0 spiro atoms. The van der Waals surface area contributed by atoms with Crippen LogP contribution >= 0.6 is 0 Å². The highest BCUT2D eigenvalue weighted by molar-refractivity contribution is 6.04. The van der Waals surface area contributed by atoms with Crippen molar-refractivity contribution >= 4 is 71.1 Å². The van der Waals surface area contributed by atoms with Crippen LogP contribution in [-0.2, 0) is 60.8 Å². The highest BCUT2D eigenvalue weighted by atomic mass is 16.5. The quantitative estimate of drug-likeness (QED) is 0.0304. The normalized spacial score (nSPS) is 12.4. The summed E-state index contributed by atoms with van der Waals surface area (Å²) in [7, 11) is 2.93. The van der Waals surface area contributed by atoms with Gasteiger partial charge in [-0.2, -0.15) is 0 Å². The monoisotopic (exact) mass is 1210 g/mol. The summed E-state index contributed by atoms with van der Waals surface area (Å²) in [5, 5.41) is 56.4. The number of ether oxygens (including phenoxy) is 2. The largest absolute Gasteiger partial charge is 0.497 e. The smallest absolute Gasteiger partial charge is 0.326 e. The van der Waals surface area contributed by atoms with Gasteiger partial charge in [0.2, 0.25) is 35.4 Å². The van der Waals surface area contributed by atoms with Gasteiger partial charge in [-0.15, -0.1) is 0 Å². The minimum Gasteiger partial charge on any atom is -0.497 e. The molecule has 0 saturated carbocycles. The Balaban J connectivity index is 1.39. The van der Waals surface area contributed by atoms with Gasteiger partial charge >= 0.3 is 23.9 Å². The second-order valence-corrected chi connectivity index (χ2v) is 19.3. The van der Waals surface area contributed by atoms with Gasteiger partial charge in [-0.1, -0.05) is 84.3 Å². The van der Waals surface area contributed by atoms with Crippen molar-refractivity contribution in [2.24, 2.45) is 0 Å². The zero-order valence-electron chi connectivity index (χ0n) is 47.8. The highest BCUT2D eigenvalue weighted by Gasteiger charge is 2.32. The van der Waals surface area contributed by atoms with Crippen LogP contribution in [0.4, 0.5) is 0 Å². The van der Waals surface area contributed by atoms with Crippen molar-refractivity contribution in [2.75, 3.05) is 27.3 Å². The third-order valence-corrected chi connectivity index (χ3v) is 12.7. The Morgan fingerprint density at radius 3 is 1.06 bits per heavy atom. The van der Waals surface area contributed by atoms with E-state index >= 15 is 0 Å². The van der Waals surface area contributed by atoms with E-state index in [1.807, 2.05) is 0 Å². The molecule has 0 aliphatic rings. The fourth-order valence-electron chi connectivity index (χ4n) is 8.04. The number of carbonyl (C=O) groups is 12. The minimum absolute atomic E-state index is 0.0840. The van der Waals surface area contributed by atoms with Crippen molar-refractivity contribution in [1.29, 1.82) is 0 Å². The van der Waals surface area contributed by atoms with Crippen molar-refractivity contribution in [2.45, 2.75) is 75.8 Å². The molecule has 5 aromatic carbocycles. The number of aliphatic carboxylic acids is 4. The number of amides is 8. The zero-order valence-corrected chi connectivity index (χ0v) is 47.8. The van der Waals surface area contributed by atoms with Gasteiger partial charge < -0.3 is 72.4 Å². The fourth-order valence-corrected chi connectivity index (χ4v) is 8.04. The molecule has 8 amide bonds. The van der Waals surface area contributed by atoms with E-state index in [9.17, 15) is 78.0 Å². The van der Waals surface area contributed by atoms with Gasteiger partial charge in [-0.3, -0.25) is 47.9 Å². The lowest BCUT2D eigenvalue weighted by atomic mass is 9.96. The Hall–Kier alpha value is -11.5. The molecule has 5 rings (SSSR count).